The first-order valence-electron chi connectivity index (χ1n) is 9.80. The standard InChI is InChI=1S/C22H29N3O3.HI/c23-22(25-20-11-14-28-21-10-5-4-9-19(20)21)24-12-6-13-26-15-16-27-17-18-7-2-1-3-8-18;/h1-5,7-10,20H,6,11-17H2,(H3,23,24,25);1H. The molecule has 0 bridgehead atoms. The fourth-order valence-electron chi connectivity index (χ4n) is 3.07. The van der Waals surface area contributed by atoms with Gasteiger partial charge in [-0.25, -0.2) is 0 Å². The lowest BCUT2D eigenvalue weighted by Crippen LogP contribution is -2.37. The fourth-order valence-corrected chi connectivity index (χ4v) is 3.07. The van der Waals surface area contributed by atoms with Crippen molar-refractivity contribution in [3.05, 3.63) is 65.7 Å². The summed E-state index contributed by atoms with van der Waals surface area (Å²) in [5, 5.41) is 3.30. The van der Waals surface area contributed by atoms with Crippen LogP contribution in [0.5, 0.6) is 5.75 Å². The molecule has 3 N–H and O–H groups in total. The van der Waals surface area contributed by atoms with Crippen LogP contribution in [0.3, 0.4) is 0 Å². The van der Waals surface area contributed by atoms with Crippen LogP contribution in [-0.4, -0.2) is 38.9 Å². The van der Waals surface area contributed by atoms with E-state index in [0.29, 0.717) is 45.5 Å². The predicted octanol–water partition coefficient (Wildman–Crippen LogP) is 3.66. The predicted molar refractivity (Wildman–Crippen MR) is 126 cm³/mol. The van der Waals surface area contributed by atoms with Gasteiger partial charge in [0.1, 0.15) is 5.75 Å². The molecule has 0 saturated carbocycles. The van der Waals surface area contributed by atoms with Gasteiger partial charge >= 0.3 is 0 Å². The third-order valence-electron chi connectivity index (χ3n) is 4.49. The number of nitrogens with zero attached hydrogens (tertiary/aromatic N) is 1. The molecule has 6 nitrogen and oxygen atoms in total. The zero-order valence-corrected chi connectivity index (χ0v) is 18.9. The number of hydrogen-bond donors (Lipinski definition) is 2. The molecular formula is C22H30IN3O3. The van der Waals surface area contributed by atoms with Crippen LogP contribution in [-0.2, 0) is 16.1 Å². The normalized spacial score (nSPS) is 15.7. The topological polar surface area (TPSA) is 78.1 Å². The summed E-state index contributed by atoms with van der Waals surface area (Å²) in [5.74, 6) is 1.38. The van der Waals surface area contributed by atoms with E-state index in [1.807, 2.05) is 36.4 Å². The van der Waals surface area contributed by atoms with Gasteiger partial charge in [-0.05, 0) is 18.1 Å². The number of ether oxygens (including phenoxy) is 3. The molecule has 29 heavy (non-hydrogen) atoms. The maximum absolute atomic E-state index is 6.03. The van der Waals surface area contributed by atoms with E-state index >= 15 is 0 Å². The molecule has 7 heteroatoms. The highest BCUT2D eigenvalue weighted by Gasteiger charge is 2.21. The third-order valence-corrected chi connectivity index (χ3v) is 4.49. The largest absolute Gasteiger partial charge is 0.493 e. The molecule has 3 rings (SSSR count). The second-order valence-electron chi connectivity index (χ2n) is 6.64. The Morgan fingerprint density at radius 3 is 2.66 bits per heavy atom. The van der Waals surface area contributed by atoms with Gasteiger partial charge in [-0.15, -0.1) is 24.0 Å². The minimum atomic E-state index is 0. The molecule has 2 aromatic rings. The second-order valence-corrected chi connectivity index (χ2v) is 6.64. The van der Waals surface area contributed by atoms with E-state index in [-0.39, 0.29) is 30.0 Å². The average molecular weight is 511 g/mol. The van der Waals surface area contributed by atoms with Crippen molar-refractivity contribution in [3.63, 3.8) is 0 Å². The molecule has 0 amide bonds. The Labute approximate surface area is 189 Å². The van der Waals surface area contributed by atoms with Crippen LogP contribution in [0.2, 0.25) is 0 Å². The van der Waals surface area contributed by atoms with Crippen LogP contribution in [0.1, 0.15) is 30.0 Å². The average Bonchev–Trinajstić information content (AvgIpc) is 2.73. The van der Waals surface area contributed by atoms with Crippen molar-refractivity contribution in [2.75, 3.05) is 33.0 Å². The lowest BCUT2D eigenvalue weighted by Gasteiger charge is -2.26. The highest BCUT2D eigenvalue weighted by molar-refractivity contribution is 14.0. The SMILES string of the molecule is I.NC(=NCCCOCCOCc1ccccc1)NC1CCOc2ccccc21. The quantitative estimate of drug-likeness (QED) is 0.221. The molecule has 0 radical (unpaired) electrons. The molecule has 0 saturated heterocycles. The maximum atomic E-state index is 6.03. The number of guanidine groups is 1. The summed E-state index contributed by atoms with van der Waals surface area (Å²) in [6, 6.07) is 18.3. The van der Waals surface area contributed by atoms with Crippen molar-refractivity contribution in [3.8, 4) is 5.75 Å². The van der Waals surface area contributed by atoms with Gasteiger partial charge in [-0.1, -0.05) is 48.5 Å². The summed E-state index contributed by atoms with van der Waals surface area (Å²) in [4.78, 5) is 4.40. The number of halogens is 1. The van der Waals surface area contributed by atoms with Gasteiger partial charge in [0.15, 0.2) is 5.96 Å². The van der Waals surface area contributed by atoms with Gasteiger partial charge in [-0.2, -0.15) is 0 Å². The summed E-state index contributed by atoms with van der Waals surface area (Å²) >= 11 is 0. The molecule has 1 atom stereocenters. The molecule has 0 aromatic heterocycles. The van der Waals surface area contributed by atoms with Crippen LogP contribution >= 0.6 is 24.0 Å². The molecule has 0 spiro atoms. The fraction of sp³-hybridized carbons (Fsp3) is 0.409. The monoisotopic (exact) mass is 511 g/mol. The summed E-state index contributed by atoms with van der Waals surface area (Å²) in [7, 11) is 0. The molecular weight excluding hydrogens is 481 g/mol. The van der Waals surface area contributed by atoms with Gasteiger partial charge in [0.2, 0.25) is 0 Å². The van der Waals surface area contributed by atoms with Gasteiger partial charge in [-0.3, -0.25) is 4.99 Å². The Morgan fingerprint density at radius 1 is 1.03 bits per heavy atom. The number of hydrogen-bond acceptors (Lipinski definition) is 4. The molecule has 2 aromatic carbocycles. The number of nitrogens with one attached hydrogen (secondary N) is 1. The summed E-state index contributed by atoms with van der Waals surface area (Å²) in [6.45, 7) is 3.75. The van der Waals surface area contributed by atoms with E-state index in [0.717, 1.165) is 24.2 Å². The molecule has 0 aliphatic carbocycles. The minimum absolute atomic E-state index is 0. The smallest absolute Gasteiger partial charge is 0.189 e. The first kappa shape index (κ1) is 23.4. The Morgan fingerprint density at radius 2 is 1.79 bits per heavy atom. The zero-order valence-electron chi connectivity index (χ0n) is 16.6. The van der Waals surface area contributed by atoms with Gasteiger partial charge < -0.3 is 25.3 Å². The molecule has 1 aliphatic rings. The third kappa shape index (κ3) is 8.20. The second kappa shape index (κ2) is 13.4. The number of para-hydroxylation sites is 1. The van der Waals surface area contributed by atoms with E-state index in [2.05, 4.69) is 28.5 Å². The molecule has 0 fully saturated rings. The van der Waals surface area contributed by atoms with E-state index in [1.165, 1.54) is 5.56 Å². The van der Waals surface area contributed by atoms with Crippen LogP contribution < -0.4 is 15.8 Å². The lowest BCUT2D eigenvalue weighted by molar-refractivity contribution is 0.0403. The first-order valence-corrected chi connectivity index (χ1v) is 9.80. The van der Waals surface area contributed by atoms with Crippen LogP contribution in [0, 0.1) is 0 Å². The van der Waals surface area contributed by atoms with Crippen LogP contribution in [0.25, 0.3) is 0 Å². The number of nitrogens with two attached hydrogens (primary N) is 1. The van der Waals surface area contributed by atoms with Crippen molar-refractivity contribution in [1.29, 1.82) is 0 Å². The minimum Gasteiger partial charge on any atom is -0.493 e. The van der Waals surface area contributed by atoms with Gasteiger partial charge in [0.25, 0.3) is 0 Å². The molecule has 1 aliphatic heterocycles. The lowest BCUT2D eigenvalue weighted by atomic mass is 10.0. The summed E-state index contributed by atoms with van der Waals surface area (Å²) < 4.78 is 16.8. The molecule has 1 unspecified atom stereocenters. The van der Waals surface area contributed by atoms with Crippen LogP contribution in [0.15, 0.2) is 59.6 Å². The Hall–Kier alpha value is -1.84. The van der Waals surface area contributed by atoms with Crippen molar-refractivity contribution in [2.45, 2.75) is 25.5 Å². The maximum Gasteiger partial charge on any atom is 0.189 e. The number of benzene rings is 2. The van der Waals surface area contributed by atoms with E-state index in [9.17, 15) is 0 Å². The Bertz CT molecular complexity index is 743. The Balaban J connectivity index is 0.00000300. The van der Waals surface area contributed by atoms with Gasteiger partial charge in [0.05, 0.1) is 32.5 Å². The van der Waals surface area contributed by atoms with E-state index < -0.39 is 0 Å². The van der Waals surface area contributed by atoms with Crippen molar-refractivity contribution in [1.82, 2.24) is 5.32 Å². The molecule has 1 heterocycles. The number of aliphatic imine (C=N–C) groups is 1. The van der Waals surface area contributed by atoms with Crippen LogP contribution in [0.4, 0.5) is 0 Å². The Kier molecular flexibility index (Phi) is 10.8. The highest BCUT2D eigenvalue weighted by Crippen LogP contribution is 2.31. The zero-order chi connectivity index (χ0) is 19.4. The summed E-state index contributed by atoms with van der Waals surface area (Å²) in [5.41, 5.74) is 8.34. The highest BCUT2D eigenvalue weighted by atomic mass is 127. The van der Waals surface area contributed by atoms with Crippen molar-refractivity contribution in [2.24, 2.45) is 10.7 Å². The van der Waals surface area contributed by atoms with Crippen molar-refractivity contribution < 1.29 is 14.2 Å². The number of rotatable bonds is 10. The first-order chi connectivity index (χ1) is 13.8. The summed E-state index contributed by atoms with van der Waals surface area (Å²) in [6.07, 6.45) is 1.70. The molecule has 158 valence electrons. The number of fused-ring (bicyclic) bond motifs is 1. The van der Waals surface area contributed by atoms with E-state index in [4.69, 9.17) is 19.9 Å². The van der Waals surface area contributed by atoms with E-state index in [1.54, 1.807) is 0 Å². The van der Waals surface area contributed by atoms with Crippen molar-refractivity contribution >= 4 is 29.9 Å². The van der Waals surface area contributed by atoms with Gasteiger partial charge in [0, 0.05) is 25.1 Å².